The van der Waals surface area contributed by atoms with Crippen molar-refractivity contribution in [2.45, 2.75) is 18.9 Å². The Morgan fingerprint density at radius 1 is 1.37 bits per heavy atom. The van der Waals surface area contributed by atoms with Crippen LogP contribution in [0.25, 0.3) is 0 Å². The SMILES string of the molecule is NC(=O)[C@@H](Cc1ccccc1)NC(=O)[C@H]1CCOC1. The van der Waals surface area contributed by atoms with Gasteiger partial charge in [-0.2, -0.15) is 0 Å². The summed E-state index contributed by atoms with van der Waals surface area (Å²) in [5.74, 6) is -0.842. The summed E-state index contributed by atoms with van der Waals surface area (Å²) in [7, 11) is 0. The molecule has 0 saturated carbocycles. The predicted molar refractivity (Wildman–Crippen MR) is 70.2 cm³/mol. The molecule has 1 aliphatic heterocycles. The summed E-state index contributed by atoms with van der Waals surface area (Å²) >= 11 is 0. The standard InChI is InChI=1S/C14H18N2O3/c15-13(17)12(8-10-4-2-1-3-5-10)16-14(18)11-6-7-19-9-11/h1-5,11-12H,6-9H2,(H2,15,17)(H,16,18)/t11-,12+/m0/s1. The van der Waals surface area contributed by atoms with Crippen molar-refractivity contribution < 1.29 is 14.3 Å². The first-order chi connectivity index (χ1) is 9.16. The van der Waals surface area contributed by atoms with Crippen molar-refractivity contribution in [3.63, 3.8) is 0 Å². The van der Waals surface area contributed by atoms with Crippen LogP contribution in [0.1, 0.15) is 12.0 Å². The monoisotopic (exact) mass is 262 g/mol. The number of rotatable bonds is 5. The Morgan fingerprint density at radius 2 is 2.11 bits per heavy atom. The molecule has 0 bridgehead atoms. The van der Waals surface area contributed by atoms with E-state index in [-0.39, 0.29) is 11.8 Å². The van der Waals surface area contributed by atoms with Crippen molar-refractivity contribution in [1.29, 1.82) is 0 Å². The number of ether oxygens (including phenoxy) is 1. The Balaban J connectivity index is 1.96. The van der Waals surface area contributed by atoms with E-state index in [2.05, 4.69) is 5.32 Å². The van der Waals surface area contributed by atoms with Gasteiger partial charge in [-0.15, -0.1) is 0 Å². The summed E-state index contributed by atoms with van der Waals surface area (Å²) < 4.78 is 5.16. The zero-order valence-electron chi connectivity index (χ0n) is 10.7. The highest BCUT2D eigenvalue weighted by atomic mass is 16.5. The molecule has 0 unspecified atom stereocenters. The second-order valence-corrected chi connectivity index (χ2v) is 4.71. The fourth-order valence-corrected chi connectivity index (χ4v) is 2.10. The number of nitrogens with one attached hydrogen (secondary N) is 1. The van der Waals surface area contributed by atoms with Gasteiger partial charge in [0.05, 0.1) is 12.5 Å². The number of primary amides is 1. The van der Waals surface area contributed by atoms with E-state index in [9.17, 15) is 9.59 Å². The van der Waals surface area contributed by atoms with E-state index in [0.29, 0.717) is 26.1 Å². The highest BCUT2D eigenvalue weighted by Crippen LogP contribution is 2.13. The van der Waals surface area contributed by atoms with Crippen LogP contribution in [0, 0.1) is 5.92 Å². The van der Waals surface area contributed by atoms with Crippen LogP contribution >= 0.6 is 0 Å². The van der Waals surface area contributed by atoms with E-state index < -0.39 is 11.9 Å². The van der Waals surface area contributed by atoms with Crippen LogP contribution < -0.4 is 11.1 Å². The summed E-state index contributed by atoms with van der Waals surface area (Å²) in [6, 6.07) is 8.81. The lowest BCUT2D eigenvalue weighted by atomic mass is 10.0. The number of carbonyl (C=O) groups excluding carboxylic acids is 2. The fourth-order valence-electron chi connectivity index (χ4n) is 2.10. The number of hydrogen-bond acceptors (Lipinski definition) is 3. The normalized spacial score (nSPS) is 19.9. The third-order valence-electron chi connectivity index (χ3n) is 3.24. The van der Waals surface area contributed by atoms with Crippen LogP contribution in [-0.4, -0.2) is 31.1 Å². The largest absolute Gasteiger partial charge is 0.381 e. The molecule has 0 radical (unpaired) electrons. The molecule has 2 amide bonds. The highest BCUT2D eigenvalue weighted by Gasteiger charge is 2.27. The smallest absolute Gasteiger partial charge is 0.240 e. The summed E-state index contributed by atoms with van der Waals surface area (Å²) in [5, 5.41) is 2.71. The number of nitrogens with two attached hydrogens (primary N) is 1. The summed E-state index contributed by atoms with van der Waals surface area (Å²) in [4.78, 5) is 23.4. The minimum absolute atomic E-state index is 0.155. The summed E-state index contributed by atoms with van der Waals surface area (Å²) in [6.07, 6.45) is 1.11. The molecule has 5 nitrogen and oxygen atoms in total. The molecule has 19 heavy (non-hydrogen) atoms. The van der Waals surface area contributed by atoms with Gasteiger partial charge >= 0.3 is 0 Å². The van der Waals surface area contributed by atoms with Gasteiger partial charge in [0, 0.05) is 13.0 Å². The van der Waals surface area contributed by atoms with E-state index >= 15 is 0 Å². The number of hydrogen-bond donors (Lipinski definition) is 2. The third-order valence-corrected chi connectivity index (χ3v) is 3.24. The van der Waals surface area contributed by atoms with Crippen molar-refractivity contribution in [1.82, 2.24) is 5.32 Å². The van der Waals surface area contributed by atoms with Gasteiger partial charge in [0.1, 0.15) is 6.04 Å². The molecule has 1 heterocycles. The van der Waals surface area contributed by atoms with E-state index in [1.165, 1.54) is 0 Å². The fraction of sp³-hybridized carbons (Fsp3) is 0.429. The lowest BCUT2D eigenvalue weighted by Crippen LogP contribution is -2.48. The average molecular weight is 262 g/mol. The minimum Gasteiger partial charge on any atom is -0.381 e. The molecule has 0 spiro atoms. The molecule has 1 fully saturated rings. The predicted octanol–water partition coefficient (Wildman–Crippen LogP) is 0.236. The third kappa shape index (κ3) is 3.79. The van der Waals surface area contributed by atoms with Gasteiger partial charge in [0.2, 0.25) is 11.8 Å². The molecule has 0 aliphatic carbocycles. The summed E-state index contributed by atoms with van der Waals surface area (Å²) in [6.45, 7) is 1.01. The molecular weight excluding hydrogens is 244 g/mol. The van der Waals surface area contributed by atoms with E-state index in [1.54, 1.807) is 0 Å². The maximum atomic E-state index is 12.0. The maximum Gasteiger partial charge on any atom is 0.240 e. The first kappa shape index (κ1) is 13.5. The molecule has 3 N–H and O–H groups in total. The molecule has 5 heteroatoms. The van der Waals surface area contributed by atoms with Gasteiger partial charge in [0.15, 0.2) is 0 Å². The van der Waals surface area contributed by atoms with Gasteiger partial charge in [0.25, 0.3) is 0 Å². The quantitative estimate of drug-likeness (QED) is 0.797. The zero-order chi connectivity index (χ0) is 13.7. The zero-order valence-corrected chi connectivity index (χ0v) is 10.7. The van der Waals surface area contributed by atoms with Crippen LogP contribution in [0.3, 0.4) is 0 Å². The van der Waals surface area contributed by atoms with E-state index in [1.807, 2.05) is 30.3 Å². The maximum absolute atomic E-state index is 12.0. The molecule has 1 saturated heterocycles. The van der Waals surface area contributed by atoms with Crippen molar-refractivity contribution in [3.8, 4) is 0 Å². The van der Waals surface area contributed by atoms with Gasteiger partial charge in [-0.05, 0) is 12.0 Å². The number of carbonyl (C=O) groups is 2. The molecular formula is C14H18N2O3. The molecule has 102 valence electrons. The van der Waals surface area contributed by atoms with Crippen LogP contribution in [0.15, 0.2) is 30.3 Å². The van der Waals surface area contributed by atoms with E-state index in [0.717, 1.165) is 5.56 Å². The second-order valence-electron chi connectivity index (χ2n) is 4.71. The number of amides is 2. The molecule has 1 aromatic carbocycles. The van der Waals surface area contributed by atoms with E-state index in [4.69, 9.17) is 10.5 Å². The Kier molecular flexibility index (Phi) is 4.52. The lowest BCUT2D eigenvalue weighted by molar-refractivity contribution is -0.129. The first-order valence-electron chi connectivity index (χ1n) is 6.38. The molecule has 2 atom stereocenters. The van der Waals surface area contributed by atoms with Gasteiger partial charge in [-0.1, -0.05) is 30.3 Å². The molecule has 0 aromatic heterocycles. The number of benzene rings is 1. The van der Waals surface area contributed by atoms with Crippen molar-refractivity contribution >= 4 is 11.8 Å². The van der Waals surface area contributed by atoms with Gasteiger partial charge in [-0.25, -0.2) is 0 Å². The summed E-state index contributed by atoms with van der Waals surface area (Å²) in [5.41, 5.74) is 6.31. The Bertz CT molecular complexity index is 441. The van der Waals surface area contributed by atoms with Crippen LogP contribution in [0.4, 0.5) is 0 Å². The Hall–Kier alpha value is -1.88. The Labute approximate surface area is 112 Å². The molecule has 2 rings (SSSR count). The first-order valence-corrected chi connectivity index (χ1v) is 6.38. The van der Waals surface area contributed by atoms with Crippen molar-refractivity contribution in [2.24, 2.45) is 11.7 Å². The van der Waals surface area contributed by atoms with Crippen molar-refractivity contribution in [2.75, 3.05) is 13.2 Å². The van der Waals surface area contributed by atoms with Crippen LogP contribution in [0.2, 0.25) is 0 Å². The van der Waals surface area contributed by atoms with Gasteiger partial charge < -0.3 is 15.8 Å². The lowest BCUT2D eigenvalue weighted by Gasteiger charge is -2.17. The Morgan fingerprint density at radius 3 is 2.68 bits per heavy atom. The topological polar surface area (TPSA) is 81.4 Å². The van der Waals surface area contributed by atoms with Crippen molar-refractivity contribution in [3.05, 3.63) is 35.9 Å². The molecule has 1 aromatic rings. The highest BCUT2D eigenvalue weighted by molar-refractivity contribution is 5.87. The van der Waals surface area contributed by atoms with Crippen LogP contribution in [0.5, 0.6) is 0 Å². The minimum atomic E-state index is -0.671. The van der Waals surface area contributed by atoms with Crippen LogP contribution in [-0.2, 0) is 20.7 Å². The molecule has 1 aliphatic rings. The van der Waals surface area contributed by atoms with Gasteiger partial charge in [-0.3, -0.25) is 9.59 Å². The second kappa shape index (κ2) is 6.33. The average Bonchev–Trinajstić information content (AvgIpc) is 2.93.